The van der Waals surface area contributed by atoms with E-state index in [1.165, 1.54) is 0 Å². The van der Waals surface area contributed by atoms with Crippen LogP contribution in [0.3, 0.4) is 0 Å². The number of hydrogen-bond acceptors (Lipinski definition) is 4. The Kier molecular flexibility index (Phi) is 2.97. The lowest BCUT2D eigenvalue weighted by molar-refractivity contribution is -0.139. The fourth-order valence-corrected chi connectivity index (χ4v) is 0.799. The molecule has 13 heavy (non-hydrogen) atoms. The number of carboxylic acids is 1. The molecule has 1 atom stereocenters. The van der Waals surface area contributed by atoms with E-state index < -0.39 is 12.0 Å². The minimum Gasteiger partial charge on any atom is -0.480 e. The number of rotatable bonds is 4. The van der Waals surface area contributed by atoms with Crippen LogP contribution in [0.25, 0.3) is 0 Å². The van der Waals surface area contributed by atoms with Crippen LogP contribution in [-0.2, 0) is 18.4 Å². The zero-order chi connectivity index (χ0) is 9.84. The maximum Gasteiger partial charge on any atom is 0.320 e. The number of hydrogen-bond donors (Lipinski definition) is 2. The van der Waals surface area contributed by atoms with Crippen LogP contribution in [0, 0.1) is 0 Å². The fraction of sp³-hybridized carbons (Fsp3) is 0.571. The van der Waals surface area contributed by atoms with Gasteiger partial charge in [0.1, 0.15) is 18.2 Å². The molecule has 0 spiro atoms. The number of aromatic nitrogens is 3. The Morgan fingerprint density at radius 3 is 3.00 bits per heavy atom. The molecule has 2 N–H and O–H groups in total. The van der Waals surface area contributed by atoms with Crippen molar-refractivity contribution in [3.05, 3.63) is 12.2 Å². The van der Waals surface area contributed by atoms with Gasteiger partial charge in [0.2, 0.25) is 0 Å². The van der Waals surface area contributed by atoms with E-state index >= 15 is 0 Å². The van der Waals surface area contributed by atoms with Crippen LogP contribution in [0.4, 0.5) is 0 Å². The molecule has 0 aliphatic rings. The number of nitrogens with zero attached hydrogens (tertiary/aromatic N) is 3. The van der Waals surface area contributed by atoms with Crippen molar-refractivity contribution < 1.29 is 9.90 Å². The van der Waals surface area contributed by atoms with Crippen LogP contribution < -0.4 is 5.32 Å². The van der Waals surface area contributed by atoms with Crippen molar-refractivity contribution in [3.8, 4) is 0 Å². The lowest BCUT2D eigenvalue weighted by Gasteiger charge is -2.07. The van der Waals surface area contributed by atoms with E-state index in [1.807, 2.05) is 7.05 Å². The molecule has 0 amide bonds. The topological polar surface area (TPSA) is 80.0 Å². The highest BCUT2D eigenvalue weighted by atomic mass is 16.4. The maximum atomic E-state index is 10.4. The average Bonchev–Trinajstić information content (AvgIpc) is 2.47. The molecule has 0 aliphatic heterocycles. The van der Waals surface area contributed by atoms with E-state index in [4.69, 9.17) is 5.11 Å². The van der Waals surface area contributed by atoms with E-state index in [0.29, 0.717) is 12.4 Å². The third kappa shape index (κ3) is 2.51. The van der Waals surface area contributed by atoms with Gasteiger partial charge in [0.05, 0.1) is 6.54 Å². The molecule has 1 aromatic rings. The molecule has 72 valence electrons. The summed E-state index contributed by atoms with van der Waals surface area (Å²) in [6, 6.07) is -0.572. The van der Waals surface area contributed by atoms with Gasteiger partial charge in [-0.2, -0.15) is 0 Å². The summed E-state index contributed by atoms with van der Waals surface area (Å²) < 4.78 is 1.74. The van der Waals surface area contributed by atoms with Gasteiger partial charge in [0.25, 0.3) is 0 Å². The van der Waals surface area contributed by atoms with Crippen molar-refractivity contribution in [2.45, 2.75) is 19.5 Å². The SMILES string of the molecule is C[C@H](NCc1nncn1C)C(=O)O. The largest absolute Gasteiger partial charge is 0.480 e. The number of aryl methyl sites for hydroxylation is 1. The van der Waals surface area contributed by atoms with Crippen molar-refractivity contribution >= 4 is 5.97 Å². The second kappa shape index (κ2) is 3.99. The van der Waals surface area contributed by atoms with Gasteiger partial charge in [-0.3, -0.25) is 10.1 Å². The van der Waals surface area contributed by atoms with Crippen molar-refractivity contribution in [3.63, 3.8) is 0 Å². The first-order valence-corrected chi connectivity index (χ1v) is 3.90. The summed E-state index contributed by atoms with van der Waals surface area (Å²) in [7, 11) is 1.81. The van der Waals surface area contributed by atoms with Crippen LogP contribution in [-0.4, -0.2) is 31.9 Å². The Morgan fingerprint density at radius 2 is 2.54 bits per heavy atom. The Morgan fingerprint density at radius 1 is 1.85 bits per heavy atom. The first-order valence-electron chi connectivity index (χ1n) is 3.90. The molecular formula is C7H12N4O2. The number of carbonyl (C=O) groups is 1. The normalized spacial score (nSPS) is 12.8. The molecule has 0 fully saturated rings. The lowest BCUT2D eigenvalue weighted by atomic mass is 10.3. The highest BCUT2D eigenvalue weighted by Crippen LogP contribution is 1.91. The smallest absolute Gasteiger partial charge is 0.320 e. The zero-order valence-electron chi connectivity index (χ0n) is 7.56. The molecule has 0 bridgehead atoms. The van der Waals surface area contributed by atoms with Gasteiger partial charge in [-0.1, -0.05) is 0 Å². The van der Waals surface area contributed by atoms with Gasteiger partial charge < -0.3 is 9.67 Å². The van der Waals surface area contributed by atoms with Crippen molar-refractivity contribution in [1.29, 1.82) is 0 Å². The zero-order valence-corrected chi connectivity index (χ0v) is 7.56. The summed E-state index contributed by atoms with van der Waals surface area (Å²) in [5.41, 5.74) is 0. The van der Waals surface area contributed by atoms with Crippen molar-refractivity contribution in [1.82, 2.24) is 20.1 Å². The molecular weight excluding hydrogens is 172 g/mol. The Hall–Kier alpha value is -1.43. The third-order valence-electron chi connectivity index (χ3n) is 1.74. The summed E-state index contributed by atoms with van der Waals surface area (Å²) in [5, 5.41) is 18.9. The van der Waals surface area contributed by atoms with Gasteiger partial charge in [-0.25, -0.2) is 0 Å². The second-order valence-corrected chi connectivity index (χ2v) is 2.80. The van der Waals surface area contributed by atoms with Crippen LogP contribution in [0.15, 0.2) is 6.33 Å². The van der Waals surface area contributed by atoms with E-state index in [-0.39, 0.29) is 0 Å². The predicted molar refractivity (Wildman–Crippen MR) is 44.9 cm³/mol. The van der Waals surface area contributed by atoms with Crippen LogP contribution in [0.5, 0.6) is 0 Å². The highest BCUT2D eigenvalue weighted by molar-refractivity contribution is 5.72. The maximum absolute atomic E-state index is 10.4. The summed E-state index contributed by atoms with van der Waals surface area (Å²) in [5.74, 6) is -0.157. The van der Waals surface area contributed by atoms with Gasteiger partial charge in [0, 0.05) is 7.05 Å². The molecule has 1 aromatic heterocycles. The lowest BCUT2D eigenvalue weighted by Crippen LogP contribution is -2.33. The van der Waals surface area contributed by atoms with Gasteiger partial charge >= 0.3 is 5.97 Å². The first kappa shape index (κ1) is 9.66. The molecule has 0 saturated heterocycles. The molecule has 0 aromatic carbocycles. The molecule has 1 heterocycles. The molecule has 0 radical (unpaired) electrons. The minimum atomic E-state index is -0.873. The van der Waals surface area contributed by atoms with E-state index in [0.717, 1.165) is 0 Å². The van der Waals surface area contributed by atoms with Crippen LogP contribution >= 0.6 is 0 Å². The average molecular weight is 184 g/mol. The summed E-state index contributed by atoms with van der Waals surface area (Å²) in [6.45, 7) is 1.99. The summed E-state index contributed by atoms with van der Waals surface area (Å²) >= 11 is 0. The van der Waals surface area contributed by atoms with Gasteiger partial charge in [-0.05, 0) is 6.92 Å². The van der Waals surface area contributed by atoms with Gasteiger partial charge in [0.15, 0.2) is 0 Å². The molecule has 6 heteroatoms. The minimum absolute atomic E-state index is 0.407. The molecule has 6 nitrogen and oxygen atoms in total. The van der Waals surface area contributed by atoms with E-state index in [1.54, 1.807) is 17.8 Å². The fourth-order valence-electron chi connectivity index (χ4n) is 0.799. The monoisotopic (exact) mass is 184 g/mol. The summed E-state index contributed by atoms with van der Waals surface area (Å²) in [4.78, 5) is 10.4. The molecule has 0 saturated carbocycles. The number of aliphatic carboxylic acids is 1. The Bertz CT molecular complexity index is 296. The number of carboxylic acid groups (broad SMARTS) is 1. The van der Waals surface area contributed by atoms with E-state index in [2.05, 4.69) is 15.5 Å². The van der Waals surface area contributed by atoms with Crippen LogP contribution in [0.1, 0.15) is 12.7 Å². The standard InChI is InChI=1S/C7H12N4O2/c1-5(7(12)13)8-3-6-10-9-4-11(6)2/h4-5,8H,3H2,1-2H3,(H,12,13)/t5-/m0/s1. The third-order valence-corrected chi connectivity index (χ3v) is 1.74. The quantitative estimate of drug-likeness (QED) is 0.651. The number of nitrogens with one attached hydrogen (secondary N) is 1. The molecule has 1 rings (SSSR count). The van der Waals surface area contributed by atoms with Gasteiger partial charge in [-0.15, -0.1) is 10.2 Å². The highest BCUT2D eigenvalue weighted by Gasteiger charge is 2.10. The molecule has 0 unspecified atom stereocenters. The molecule has 0 aliphatic carbocycles. The van der Waals surface area contributed by atoms with Crippen molar-refractivity contribution in [2.24, 2.45) is 7.05 Å². The second-order valence-electron chi connectivity index (χ2n) is 2.80. The first-order chi connectivity index (χ1) is 6.11. The van der Waals surface area contributed by atoms with Crippen molar-refractivity contribution in [2.75, 3.05) is 0 Å². The Labute approximate surface area is 75.6 Å². The van der Waals surface area contributed by atoms with E-state index in [9.17, 15) is 4.79 Å². The summed E-state index contributed by atoms with van der Waals surface area (Å²) in [6.07, 6.45) is 1.57. The predicted octanol–water partition coefficient (Wildman–Crippen LogP) is -0.622. The Balaban J connectivity index is 2.44. The van der Waals surface area contributed by atoms with Crippen LogP contribution in [0.2, 0.25) is 0 Å².